The van der Waals surface area contributed by atoms with Gasteiger partial charge in [-0.25, -0.2) is 0 Å². The maximum absolute atomic E-state index is 13.8. The van der Waals surface area contributed by atoms with E-state index in [1.165, 1.54) is 43.2 Å². The van der Waals surface area contributed by atoms with Crippen LogP contribution in [0.15, 0.2) is 24.3 Å². The van der Waals surface area contributed by atoms with Crippen molar-refractivity contribution >= 4 is 17.8 Å². The summed E-state index contributed by atoms with van der Waals surface area (Å²) < 4.78 is 10.9. The highest BCUT2D eigenvalue weighted by atomic mass is 16.6. The lowest BCUT2D eigenvalue weighted by molar-refractivity contribution is -0.160. The standard InChI is InChI=1S/C30H46N2O5/c1-6-36-29(35)26(17-16-22-12-8-7-9-13-22)31-21(2)28(34)32(20-27(33)37-30(3,4)5)25-18-23-14-10-11-15-24(23)19-25/h10-11,14-15,21-22,25-26,31H,6-9,12-13,16-20H2,1-5H3/t21-,26-/m0/s1. The number of hydrogen-bond donors (Lipinski definition) is 1. The SMILES string of the molecule is CCOC(=O)[C@H](CCC1CCCCC1)N[C@@H](C)C(=O)N(CC(=O)OC(C)(C)C)C1Cc2ccccc2C1. The number of benzene rings is 1. The van der Waals surface area contributed by atoms with Gasteiger partial charge in [-0.3, -0.25) is 19.7 Å². The molecule has 1 N–H and O–H groups in total. The van der Waals surface area contributed by atoms with Crippen molar-refractivity contribution in [2.75, 3.05) is 13.2 Å². The predicted octanol–water partition coefficient (Wildman–Crippen LogP) is 4.59. The van der Waals surface area contributed by atoms with E-state index in [4.69, 9.17) is 9.47 Å². The van der Waals surface area contributed by atoms with Crippen LogP contribution in [0.5, 0.6) is 0 Å². The number of esters is 2. The summed E-state index contributed by atoms with van der Waals surface area (Å²) in [5.41, 5.74) is 1.77. The number of carbonyl (C=O) groups excluding carboxylic acids is 3. The molecular formula is C30H46N2O5. The fourth-order valence-corrected chi connectivity index (χ4v) is 5.67. The smallest absolute Gasteiger partial charge is 0.326 e. The number of nitrogens with zero attached hydrogens (tertiary/aromatic N) is 1. The van der Waals surface area contributed by atoms with Crippen LogP contribution >= 0.6 is 0 Å². The van der Waals surface area contributed by atoms with Crippen LogP contribution in [0.1, 0.15) is 90.7 Å². The van der Waals surface area contributed by atoms with E-state index in [0.717, 1.165) is 6.42 Å². The summed E-state index contributed by atoms with van der Waals surface area (Å²) in [5.74, 6) is -0.317. The van der Waals surface area contributed by atoms with Crippen LogP contribution in [0.2, 0.25) is 0 Å². The van der Waals surface area contributed by atoms with Gasteiger partial charge in [0.05, 0.1) is 12.6 Å². The van der Waals surface area contributed by atoms with Crippen LogP contribution in [0.25, 0.3) is 0 Å². The zero-order valence-corrected chi connectivity index (χ0v) is 23.4. The minimum absolute atomic E-state index is 0.118. The summed E-state index contributed by atoms with van der Waals surface area (Å²) in [6, 6.07) is 6.83. The van der Waals surface area contributed by atoms with Gasteiger partial charge in [0, 0.05) is 6.04 Å². The van der Waals surface area contributed by atoms with Gasteiger partial charge in [-0.2, -0.15) is 0 Å². The Bertz CT molecular complexity index is 894. The van der Waals surface area contributed by atoms with Gasteiger partial charge in [0.2, 0.25) is 5.91 Å². The summed E-state index contributed by atoms with van der Waals surface area (Å²) in [6.07, 6.45) is 9.17. The lowest BCUT2D eigenvalue weighted by Gasteiger charge is -2.33. The second kappa shape index (κ2) is 13.4. The molecule has 3 rings (SSSR count). The van der Waals surface area contributed by atoms with E-state index in [9.17, 15) is 14.4 Å². The average molecular weight is 515 g/mol. The Morgan fingerprint density at radius 3 is 2.24 bits per heavy atom. The van der Waals surface area contributed by atoms with Gasteiger partial charge in [0.25, 0.3) is 0 Å². The largest absolute Gasteiger partial charge is 0.465 e. The molecule has 206 valence electrons. The third kappa shape index (κ3) is 8.84. The summed E-state index contributed by atoms with van der Waals surface area (Å²) in [4.78, 5) is 41.1. The van der Waals surface area contributed by atoms with Crippen LogP contribution in [-0.4, -0.2) is 59.6 Å². The maximum atomic E-state index is 13.8. The molecule has 1 amide bonds. The molecule has 1 aromatic rings. The minimum Gasteiger partial charge on any atom is -0.465 e. The Balaban J connectivity index is 1.72. The summed E-state index contributed by atoms with van der Waals surface area (Å²) in [5, 5.41) is 3.27. The number of nitrogens with one attached hydrogen (secondary N) is 1. The summed E-state index contributed by atoms with van der Waals surface area (Å²) in [7, 11) is 0. The normalized spacial score (nSPS) is 18.1. The first kappa shape index (κ1) is 29.2. The lowest BCUT2D eigenvalue weighted by Crippen LogP contribution is -2.55. The van der Waals surface area contributed by atoms with E-state index >= 15 is 0 Å². The predicted molar refractivity (Wildman–Crippen MR) is 144 cm³/mol. The van der Waals surface area contributed by atoms with Crippen molar-refractivity contribution < 1.29 is 23.9 Å². The number of carbonyl (C=O) groups is 3. The molecule has 1 saturated carbocycles. The Labute approximate surface area is 222 Å². The molecule has 0 bridgehead atoms. The molecule has 0 aromatic heterocycles. The molecule has 2 atom stereocenters. The summed E-state index contributed by atoms with van der Waals surface area (Å²) in [6.45, 7) is 9.22. The molecule has 0 unspecified atom stereocenters. The van der Waals surface area contributed by atoms with Crippen LogP contribution in [-0.2, 0) is 36.7 Å². The van der Waals surface area contributed by atoms with E-state index in [-0.39, 0.29) is 24.5 Å². The van der Waals surface area contributed by atoms with Gasteiger partial charge in [-0.15, -0.1) is 0 Å². The van der Waals surface area contributed by atoms with Crippen molar-refractivity contribution in [3.8, 4) is 0 Å². The zero-order chi connectivity index (χ0) is 27.0. The van der Waals surface area contributed by atoms with E-state index in [1.807, 2.05) is 32.9 Å². The van der Waals surface area contributed by atoms with Crippen LogP contribution in [0, 0.1) is 5.92 Å². The molecule has 0 aliphatic heterocycles. The second-order valence-electron chi connectivity index (χ2n) is 11.7. The Hall–Kier alpha value is -2.41. The van der Waals surface area contributed by atoms with Gasteiger partial charge in [-0.1, -0.05) is 56.4 Å². The van der Waals surface area contributed by atoms with Crippen molar-refractivity contribution in [2.24, 2.45) is 5.92 Å². The first-order chi connectivity index (χ1) is 17.6. The molecule has 2 aliphatic rings. The number of rotatable bonds is 11. The Kier molecular flexibility index (Phi) is 10.6. The third-order valence-electron chi connectivity index (χ3n) is 7.45. The van der Waals surface area contributed by atoms with Gasteiger partial charge >= 0.3 is 11.9 Å². The van der Waals surface area contributed by atoms with Crippen molar-refractivity contribution in [1.82, 2.24) is 10.2 Å². The van der Waals surface area contributed by atoms with E-state index in [2.05, 4.69) is 17.4 Å². The van der Waals surface area contributed by atoms with Crippen molar-refractivity contribution in [1.29, 1.82) is 0 Å². The van der Waals surface area contributed by atoms with Crippen molar-refractivity contribution in [3.05, 3.63) is 35.4 Å². The minimum atomic E-state index is -0.646. The third-order valence-corrected chi connectivity index (χ3v) is 7.45. The molecule has 0 saturated heterocycles. The van der Waals surface area contributed by atoms with Crippen molar-refractivity contribution in [2.45, 2.75) is 116 Å². The van der Waals surface area contributed by atoms with E-state index < -0.39 is 23.7 Å². The van der Waals surface area contributed by atoms with Gasteiger partial charge in [0.1, 0.15) is 18.2 Å². The van der Waals surface area contributed by atoms with Gasteiger partial charge in [-0.05, 0) is 77.3 Å². The van der Waals surface area contributed by atoms with E-state index in [1.54, 1.807) is 18.7 Å². The van der Waals surface area contributed by atoms with Crippen molar-refractivity contribution in [3.63, 3.8) is 0 Å². The molecule has 1 aromatic carbocycles. The van der Waals surface area contributed by atoms with Crippen LogP contribution in [0.3, 0.4) is 0 Å². The second-order valence-corrected chi connectivity index (χ2v) is 11.7. The fraction of sp³-hybridized carbons (Fsp3) is 0.700. The molecule has 0 radical (unpaired) electrons. The fourth-order valence-electron chi connectivity index (χ4n) is 5.67. The monoisotopic (exact) mass is 514 g/mol. The maximum Gasteiger partial charge on any atom is 0.326 e. The Morgan fingerprint density at radius 2 is 1.68 bits per heavy atom. The quantitative estimate of drug-likeness (QED) is 0.435. The first-order valence-electron chi connectivity index (χ1n) is 14.1. The zero-order valence-electron chi connectivity index (χ0n) is 23.4. The van der Waals surface area contributed by atoms with Crippen LogP contribution < -0.4 is 5.32 Å². The number of ether oxygens (including phenoxy) is 2. The lowest BCUT2D eigenvalue weighted by atomic mass is 9.85. The molecule has 0 spiro atoms. The van der Waals surface area contributed by atoms with Crippen LogP contribution in [0.4, 0.5) is 0 Å². The van der Waals surface area contributed by atoms with Gasteiger partial charge in [0.15, 0.2) is 0 Å². The average Bonchev–Trinajstić information content (AvgIpc) is 3.28. The molecule has 7 heteroatoms. The van der Waals surface area contributed by atoms with Gasteiger partial charge < -0.3 is 14.4 Å². The molecular weight excluding hydrogens is 468 g/mol. The molecule has 37 heavy (non-hydrogen) atoms. The highest BCUT2D eigenvalue weighted by Crippen LogP contribution is 2.29. The number of hydrogen-bond acceptors (Lipinski definition) is 6. The topological polar surface area (TPSA) is 84.9 Å². The Morgan fingerprint density at radius 1 is 1.05 bits per heavy atom. The molecule has 2 aliphatic carbocycles. The molecule has 1 fully saturated rings. The number of fused-ring (bicyclic) bond motifs is 1. The summed E-state index contributed by atoms with van der Waals surface area (Å²) >= 11 is 0. The van der Waals surface area contributed by atoms with E-state index in [0.29, 0.717) is 31.8 Å². The molecule has 0 heterocycles. The highest BCUT2D eigenvalue weighted by molar-refractivity contribution is 5.87. The first-order valence-corrected chi connectivity index (χ1v) is 14.1. The highest BCUT2D eigenvalue weighted by Gasteiger charge is 2.36. The molecule has 7 nitrogen and oxygen atoms in total. The number of amides is 1.